The quantitative estimate of drug-likeness (QED) is 0.703. The number of hydrogen-bond donors (Lipinski definition) is 0. The van der Waals surface area contributed by atoms with Crippen LogP contribution in [0.15, 0.2) is 22.6 Å². The molecule has 2 heterocycles. The molecular weight excluding hydrogens is 326 g/mol. The van der Waals surface area contributed by atoms with Gasteiger partial charge in [-0.25, -0.2) is 0 Å². The van der Waals surface area contributed by atoms with Gasteiger partial charge in [0, 0.05) is 35.7 Å². The topological polar surface area (TPSA) is 42.7 Å². The molecule has 1 aromatic carbocycles. The molecule has 0 spiro atoms. The fraction of sp³-hybridized carbons (Fsp3) is 0.500. The number of benzene rings is 1. The molecule has 0 aliphatic carbocycles. The molecule has 1 aromatic heterocycles. The summed E-state index contributed by atoms with van der Waals surface area (Å²) in [5.41, 5.74) is 3.85. The van der Waals surface area contributed by atoms with Crippen LogP contribution in [0.5, 0.6) is 5.75 Å². The van der Waals surface area contributed by atoms with Gasteiger partial charge in [0.2, 0.25) is 5.91 Å². The van der Waals surface area contributed by atoms with Gasteiger partial charge in [-0.2, -0.15) is 0 Å². The van der Waals surface area contributed by atoms with Gasteiger partial charge in [-0.05, 0) is 71.1 Å². The first kappa shape index (κ1) is 18.6. The Bertz CT molecular complexity index is 847. The number of allylic oxidation sites excluding steroid dienone is 1. The number of hydrogen-bond acceptors (Lipinski definition) is 3. The lowest BCUT2D eigenvalue weighted by molar-refractivity contribution is -0.129. The second-order valence-electron chi connectivity index (χ2n) is 7.26. The maximum atomic E-state index is 12.8. The highest BCUT2D eigenvalue weighted by Crippen LogP contribution is 2.35. The van der Waals surface area contributed by atoms with E-state index in [4.69, 9.17) is 9.15 Å². The first-order valence-corrected chi connectivity index (χ1v) is 9.58. The van der Waals surface area contributed by atoms with Gasteiger partial charge < -0.3 is 14.1 Å². The van der Waals surface area contributed by atoms with E-state index in [0.717, 1.165) is 58.6 Å². The highest BCUT2D eigenvalue weighted by molar-refractivity contribution is 5.97. The van der Waals surface area contributed by atoms with Crippen LogP contribution < -0.4 is 4.74 Å². The number of ether oxygens (including phenoxy) is 1. The zero-order valence-corrected chi connectivity index (χ0v) is 16.5. The summed E-state index contributed by atoms with van der Waals surface area (Å²) in [4.78, 5) is 14.8. The Kier molecular flexibility index (Phi) is 5.40. The average molecular weight is 355 g/mol. The summed E-state index contributed by atoms with van der Waals surface area (Å²) < 4.78 is 11.7. The molecule has 0 saturated carbocycles. The minimum Gasteiger partial charge on any atom is -0.493 e. The van der Waals surface area contributed by atoms with Crippen molar-refractivity contribution in [2.75, 3.05) is 13.2 Å². The number of furan rings is 1. The Labute approximate surface area is 155 Å². The van der Waals surface area contributed by atoms with Crippen molar-refractivity contribution in [3.05, 3.63) is 35.1 Å². The third-order valence-corrected chi connectivity index (χ3v) is 5.43. The normalized spacial score (nSPS) is 18.4. The fourth-order valence-electron chi connectivity index (χ4n) is 3.72. The van der Waals surface area contributed by atoms with E-state index in [2.05, 4.69) is 19.9 Å². The van der Waals surface area contributed by atoms with Crippen LogP contribution in [0, 0.1) is 13.8 Å². The number of piperidine rings is 1. The third-order valence-electron chi connectivity index (χ3n) is 5.43. The summed E-state index contributed by atoms with van der Waals surface area (Å²) in [6.07, 6.45) is 5.14. The van der Waals surface area contributed by atoms with Crippen LogP contribution in [0.25, 0.3) is 16.5 Å². The molecule has 26 heavy (non-hydrogen) atoms. The summed E-state index contributed by atoms with van der Waals surface area (Å²) >= 11 is 0. The zero-order valence-electron chi connectivity index (χ0n) is 16.5. The summed E-state index contributed by atoms with van der Waals surface area (Å²) in [7, 11) is 0. The molecule has 1 aliphatic rings. The lowest BCUT2D eigenvalue weighted by Crippen LogP contribution is -2.41. The third kappa shape index (κ3) is 3.50. The molecule has 140 valence electrons. The van der Waals surface area contributed by atoms with Gasteiger partial charge in [0.1, 0.15) is 17.1 Å². The lowest BCUT2D eigenvalue weighted by atomic mass is 10.0. The van der Waals surface area contributed by atoms with Gasteiger partial charge in [-0.15, -0.1) is 0 Å². The van der Waals surface area contributed by atoms with Crippen molar-refractivity contribution in [3.8, 4) is 5.75 Å². The second kappa shape index (κ2) is 7.56. The number of aryl methyl sites for hydroxylation is 2. The number of nitrogens with zero attached hydrogens (tertiary/aromatic N) is 1. The molecule has 0 N–H and O–H groups in total. The van der Waals surface area contributed by atoms with Crippen molar-refractivity contribution in [3.63, 3.8) is 0 Å². The molecule has 0 radical (unpaired) electrons. The highest BCUT2D eigenvalue weighted by atomic mass is 16.5. The van der Waals surface area contributed by atoms with E-state index in [9.17, 15) is 4.79 Å². The molecule has 4 heteroatoms. The fourth-order valence-corrected chi connectivity index (χ4v) is 3.72. The molecule has 0 bridgehead atoms. The maximum Gasteiger partial charge on any atom is 0.247 e. The summed E-state index contributed by atoms with van der Waals surface area (Å²) in [6, 6.07) is 4.35. The summed E-state index contributed by atoms with van der Waals surface area (Å²) in [5.74, 6) is 1.78. The van der Waals surface area contributed by atoms with Crippen LogP contribution in [-0.4, -0.2) is 30.0 Å². The Morgan fingerprint density at radius 2 is 2.12 bits per heavy atom. The van der Waals surface area contributed by atoms with E-state index < -0.39 is 0 Å². The van der Waals surface area contributed by atoms with E-state index in [-0.39, 0.29) is 5.91 Å². The molecule has 1 atom stereocenters. The molecule has 1 unspecified atom stereocenters. The Morgan fingerprint density at radius 1 is 1.35 bits per heavy atom. The van der Waals surface area contributed by atoms with E-state index in [1.54, 1.807) is 6.08 Å². The lowest BCUT2D eigenvalue weighted by Gasteiger charge is -2.32. The van der Waals surface area contributed by atoms with E-state index in [0.29, 0.717) is 12.6 Å². The predicted molar refractivity (Wildman–Crippen MR) is 106 cm³/mol. The summed E-state index contributed by atoms with van der Waals surface area (Å²) in [5, 5.41) is 1.08. The first-order valence-electron chi connectivity index (χ1n) is 9.58. The molecule has 2 aromatic rings. The molecule has 4 nitrogen and oxygen atoms in total. The smallest absolute Gasteiger partial charge is 0.247 e. The summed E-state index contributed by atoms with van der Waals surface area (Å²) in [6.45, 7) is 11.5. The Morgan fingerprint density at radius 3 is 2.81 bits per heavy atom. The van der Waals surface area contributed by atoms with Gasteiger partial charge in [-0.3, -0.25) is 4.79 Å². The Balaban J connectivity index is 2.00. The monoisotopic (exact) mass is 355 g/mol. The minimum atomic E-state index is 0.0948. The molecule has 1 aliphatic heterocycles. The van der Waals surface area contributed by atoms with E-state index >= 15 is 0 Å². The average Bonchev–Trinajstić information content (AvgIpc) is 2.88. The Hall–Kier alpha value is -2.23. The maximum absolute atomic E-state index is 12.8. The van der Waals surface area contributed by atoms with Crippen LogP contribution in [0.4, 0.5) is 0 Å². The van der Waals surface area contributed by atoms with Crippen LogP contribution in [0.3, 0.4) is 0 Å². The number of fused-ring (bicyclic) bond motifs is 1. The SMILES string of the molecule is CCOc1cc2oc(C)c(C)c2cc1/C(C)=C/C(=O)N1CCCCC1C. The zero-order chi connectivity index (χ0) is 18.8. The molecule has 3 rings (SSSR count). The van der Waals surface area contributed by atoms with Crippen molar-refractivity contribution in [2.45, 2.75) is 59.9 Å². The van der Waals surface area contributed by atoms with Gasteiger partial charge in [-0.1, -0.05) is 0 Å². The van der Waals surface area contributed by atoms with Crippen LogP contribution in [0.2, 0.25) is 0 Å². The number of carbonyl (C=O) groups is 1. The number of likely N-dealkylation sites (tertiary alicyclic amines) is 1. The second-order valence-corrected chi connectivity index (χ2v) is 7.26. The molecule has 1 saturated heterocycles. The molecule has 1 fully saturated rings. The first-order chi connectivity index (χ1) is 12.4. The largest absolute Gasteiger partial charge is 0.493 e. The number of carbonyl (C=O) groups excluding carboxylic acids is 1. The number of amides is 1. The van der Waals surface area contributed by atoms with Crippen LogP contribution >= 0.6 is 0 Å². The van der Waals surface area contributed by atoms with Gasteiger partial charge >= 0.3 is 0 Å². The van der Waals surface area contributed by atoms with Gasteiger partial charge in [0.15, 0.2) is 0 Å². The number of rotatable bonds is 4. The van der Waals surface area contributed by atoms with Crippen molar-refractivity contribution in [1.82, 2.24) is 4.90 Å². The van der Waals surface area contributed by atoms with Gasteiger partial charge in [0.05, 0.1) is 6.61 Å². The van der Waals surface area contributed by atoms with E-state index in [1.165, 1.54) is 6.42 Å². The molecule has 1 amide bonds. The van der Waals surface area contributed by atoms with Gasteiger partial charge in [0.25, 0.3) is 0 Å². The van der Waals surface area contributed by atoms with Crippen LogP contribution in [0.1, 0.15) is 56.9 Å². The van der Waals surface area contributed by atoms with E-state index in [1.807, 2.05) is 31.7 Å². The van der Waals surface area contributed by atoms with Crippen molar-refractivity contribution < 1.29 is 13.9 Å². The van der Waals surface area contributed by atoms with Crippen molar-refractivity contribution in [1.29, 1.82) is 0 Å². The van der Waals surface area contributed by atoms with Crippen molar-refractivity contribution in [2.24, 2.45) is 0 Å². The minimum absolute atomic E-state index is 0.0948. The standard InChI is InChI=1S/C22H29NO3/c1-6-25-20-13-21-19(16(4)17(5)26-21)12-18(20)14(2)11-22(24)23-10-8-7-9-15(23)3/h11-13,15H,6-10H2,1-5H3/b14-11+. The highest BCUT2D eigenvalue weighted by Gasteiger charge is 2.22. The molecular formula is C22H29NO3. The van der Waals surface area contributed by atoms with Crippen molar-refractivity contribution >= 4 is 22.4 Å². The predicted octanol–water partition coefficient (Wildman–Crippen LogP) is 5.25. The van der Waals surface area contributed by atoms with Crippen LogP contribution in [-0.2, 0) is 4.79 Å².